The quantitative estimate of drug-likeness (QED) is 0.531. The summed E-state index contributed by atoms with van der Waals surface area (Å²) >= 11 is 1.39. The van der Waals surface area contributed by atoms with Gasteiger partial charge in [-0.05, 0) is 55.8 Å². The van der Waals surface area contributed by atoms with Crippen LogP contribution in [0.15, 0.2) is 52.4 Å². The van der Waals surface area contributed by atoms with Crippen LogP contribution in [0.2, 0.25) is 0 Å². The van der Waals surface area contributed by atoms with Crippen LogP contribution in [0.5, 0.6) is 5.75 Å². The molecule has 0 saturated carbocycles. The molecule has 3 rings (SSSR count). The summed E-state index contributed by atoms with van der Waals surface area (Å²) in [7, 11) is -1.97. The zero-order valence-electron chi connectivity index (χ0n) is 16.1. The molecule has 6 nitrogen and oxygen atoms in total. The van der Waals surface area contributed by atoms with Crippen molar-refractivity contribution in [1.82, 2.24) is 4.57 Å². The Morgan fingerprint density at radius 1 is 1.21 bits per heavy atom. The Balaban J connectivity index is 1.73. The maximum Gasteiger partial charge on any atom is 0.248 e. The number of carbonyl (C=O) groups excluding carboxylic acids is 1. The fourth-order valence-electron chi connectivity index (χ4n) is 2.91. The van der Waals surface area contributed by atoms with E-state index in [-0.39, 0.29) is 29.4 Å². The number of sulfone groups is 1. The average molecular weight is 437 g/mol. The van der Waals surface area contributed by atoms with Crippen LogP contribution < -0.4 is 9.54 Å². The smallest absolute Gasteiger partial charge is 0.248 e. The van der Waals surface area contributed by atoms with Crippen LogP contribution in [-0.4, -0.2) is 31.8 Å². The van der Waals surface area contributed by atoms with Gasteiger partial charge in [0.25, 0.3) is 0 Å². The van der Waals surface area contributed by atoms with Gasteiger partial charge in [0.2, 0.25) is 5.91 Å². The molecule has 0 radical (unpaired) electrons. The summed E-state index contributed by atoms with van der Waals surface area (Å²) in [5.74, 6) is -0.342. The Kier molecular flexibility index (Phi) is 6.49. The number of aryl methyl sites for hydroxylation is 1. The number of rotatable bonds is 7. The average Bonchev–Trinajstić information content (AvgIpc) is 3.03. The summed E-state index contributed by atoms with van der Waals surface area (Å²) in [6, 6.07) is 10.3. The fourth-order valence-corrected chi connectivity index (χ4v) is 5.36. The highest BCUT2D eigenvalue weighted by molar-refractivity contribution is 7.91. The first-order valence-electron chi connectivity index (χ1n) is 9.07. The van der Waals surface area contributed by atoms with Crippen molar-refractivity contribution < 1.29 is 22.3 Å². The second-order valence-electron chi connectivity index (χ2n) is 6.34. The van der Waals surface area contributed by atoms with Crippen molar-refractivity contribution >= 4 is 37.3 Å². The van der Waals surface area contributed by atoms with Gasteiger partial charge in [0, 0.05) is 13.0 Å². The van der Waals surface area contributed by atoms with Gasteiger partial charge in [-0.25, -0.2) is 12.8 Å². The number of halogens is 1. The number of thiazole rings is 1. The molecule has 0 aliphatic carbocycles. The van der Waals surface area contributed by atoms with E-state index in [0.29, 0.717) is 11.3 Å². The number of carbonyl (C=O) groups is 1. The topological polar surface area (TPSA) is 77.7 Å². The minimum absolute atomic E-state index is 0.0156. The molecular formula is C20H21FN2O4S2. The zero-order valence-corrected chi connectivity index (χ0v) is 17.7. The van der Waals surface area contributed by atoms with Gasteiger partial charge < -0.3 is 9.30 Å². The highest BCUT2D eigenvalue weighted by Gasteiger charge is 2.15. The van der Waals surface area contributed by atoms with Crippen molar-refractivity contribution in [3.63, 3.8) is 0 Å². The normalized spacial score (nSPS) is 12.4. The predicted octanol–water partition coefficient (Wildman–Crippen LogP) is 3.55. The highest BCUT2D eigenvalue weighted by atomic mass is 32.2. The number of hydrogen-bond acceptors (Lipinski definition) is 5. The molecule has 29 heavy (non-hydrogen) atoms. The van der Waals surface area contributed by atoms with Crippen LogP contribution in [0.1, 0.15) is 19.8 Å². The highest BCUT2D eigenvalue weighted by Crippen LogP contribution is 2.23. The molecule has 9 heteroatoms. The van der Waals surface area contributed by atoms with Gasteiger partial charge in [-0.15, -0.1) is 0 Å². The Morgan fingerprint density at radius 3 is 2.59 bits per heavy atom. The van der Waals surface area contributed by atoms with E-state index in [2.05, 4.69) is 4.99 Å². The Hall–Kier alpha value is -2.52. The van der Waals surface area contributed by atoms with Crippen LogP contribution in [-0.2, 0) is 21.2 Å². The third-order valence-corrected chi connectivity index (χ3v) is 7.26. The number of ether oxygens (including phenoxy) is 1. The van der Waals surface area contributed by atoms with E-state index in [0.717, 1.165) is 28.1 Å². The standard InChI is InChI=1S/C20H21FN2O4S2/c1-3-23-17-11-8-15(27-2)13-18(17)28-20(23)22-19(24)5-4-12-29(25,26)16-9-6-14(21)7-10-16/h6-11,13H,3-5,12H2,1-2H3. The Morgan fingerprint density at radius 2 is 1.93 bits per heavy atom. The van der Waals surface area contributed by atoms with Crippen LogP contribution in [0, 0.1) is 5.82 Å². The minimum atomic E-state index is -3.56. The summed E-state index contributed by atoms with van der Waals surface area (Å²) in [6.45, 7) is 2.62. The molecule has 0 spiro atoms. The maximum absolute atomic E-state index is 13.0. The Labute approximate surface area is 172 Å². The molecule has 0 saturated heterocycles. The summed E-state index contributed by atoms with van der Waals surface area (Å²) < 4.78 is 45.7. The number of amides is 1. The lowest BCUT2D eigenvalue weighted by Crippen LogP contribution is -2.16. The molecule has 0 unspecified atom stereocenters. The molecule has 3 aromatic rings. The summed E-state index contributed by atoms with van der Waals surface area (Å²) in [6.07, 6.45) is 0.161. The van der Waals surface area contributed by atoms with Crippen molar-refractivity contribution in [2.24, 2.45) is 4.99 Å². The van der Waals surface area contributed by atoms with E-state index in [1.54, 1.807) is 7.11 Å². The first kappa shape index (κ1) is 21.2. The summed E-state index contributed by atoms with van der Waals surface area (Å²) in [5, 5.41) is 0. The predicted molar refractivity (Wildman–Crippen MR) is 110 cm³/mol. The second kappa shape index (κ2) is 8.87. The molecular weight excluding hydrogens is 415 g/mol. The van der Waals surface area contributed by atoms with E-state index >= 15 is 0 Å². The van der Waals surface area contributed by atoms with Gasteiger partial charge in [0.1, 0.15) is 11.6 Å². The zero-order chi connectivity index (χ0) is 21.0. The van der Waals surface area contributed by atoms with Gasteiger partial charge in [0.05, 0.1) is 28.0 Å². The van der Waals surface area contributed by atoms with Crippen molar-refractivity contribution in [1.29, 1.82) is 0 Å². The number of nitrogens with zero attached hydrogens (tertiary/aromatic N) is 2. The lowest BCUT2D eigenvalue weighted by atomic mass is 10.3. The fraction of sp³-hybridized carbons (Fsp3) is 0.300. The molecule has 0 N–H and O–H groups in total. The first-order valence-corrected chi connectivity index (χ1v) is 11.5. The molecule has 1 aromatic heterocycles. The number of methoxy groups -OCH3 is 1. The van der Waals surface area contributed by atoms with Crippen molar-refractivity contribution in [3.05, 3.63) is 53.1 Å². The molecule has 0 aliphatic heterocycles. The number of fused-ring (bicyclic) bond motifs is 1. The summed E-state index contributed by atoms with van der Waals surface area (Å²) in [4.78, 5) is 17.1. The van der Waals surface area contributed by atoms with E-state index in [1.807, 2.05) is 29.7 Å². The van der Waals surface area contributed by atoms with Gasteiger partial charge in [-0.2, -0.15) is 4.99 Å². The van der Waals surface area contributed by atoms with Crippen LogP contribution in [0.4, 0.5) is 4.39 Å². The van der Waals surface area contributed by atoms with Crippen molar-refractivity contribution in [2.75, 3.05) is 12.9 Å². The second-order valence-corrected chi connectivity index (χ2v) is 9.46. The lowest BCUT2D eigenvalue weighted by Gasteiger charge is -2.03. The molecule has 0 aliphatic rings. The number of aromatic nitrogens is 1. The van der Waals surface area contributed by atoms with Crippen LogP contribution >= 0.6 is 11.3 Å². The SMILES string of the molecule is CCn1c(=NC(=O)CCCS(=O)(=O)c2ccc(F)cc2)sc2cc(OC)ccc21. The van der Waals surface area contributed by atoms with Gasteiger partial charge >= 0.3 is 0 Å². The van der Waals surface area contributed by atoms with Gasteiger partial charge in [-0.1, -0.05) is 11.3 Å². The van der Waals surface area contributed by atoms with E-state index in [1.165, 1.54) is 23.5 Å². The Bertz CT molecular complexity index is 1200. The van der Waals surface area contributed by atoms with Gasteiger partial charge in [0.15, 0.2) is 14.6 Å². The largest absolute Gasteiger partial charge is 0.497 e. The lowest BCUT2D eigenvalue weighted by molar-refractivity contribution is -0.118. The van der Waals surface area contributed by atoms with Gasteiger partial charge in [-0.3, -0.25) is 4.79 Å². The molecule has 0 atom stereocenters. The van der Waals surface area contributed by atoms with E-state index < -0.39 is 15.7 Å². The molecule has 1 heterocycles. The van der Waals surface area contributed by atoms with E-state index in [9.17, 15) is 17.6 Å². The summed E-state index contributed by atoms with van der Waals surface area (Å²) in [5.41, 5.74) is 0.962. The molecule has 154 valence electrons. The molecule has 0 bridgehead atoms. The number of hydrogen-bond donors (Lipinski definition) is 0. The van der Waals surface area contributed by atoms with Crippen molar-refractivity contribution in [2.45, 2.75) is 31.2 Å². The molecule has 0 fully saturated rings. The third kappa shape index (κ3) is 4.91. The monoisotopic (exact) mass is 436 g/mol. The van der Waals surface area contributed by atoms with Crippen LogP contribution in [0.25, 0.3) is 10.2 Å². The first-order chi connectivity index (χ1) is 13.8. The molecule has 1 amide bonds. The van der Waals surface area contributed by atoms with Crippen LogP contribution in [0.3, 0.4) is 0 Å². The maximum atomic E-state index is 13.0. The molecule has 2 aromatic carbocycles. The third-order valence-electron chi connectivity index (χ3n) is 4.40. The van der Waals surface area contributed by atoms with Crippen molar-refractivity contribution in [3.8, 4) is 5.75 Å². The van der Waals surface area contributed by atoms with E-state index in [4.69, 9.17) is 4.74 Å². The minimum Gasteiger partial charge on any atom is -0.497 e. The number of benzene rings is 2.